The van der Waals surface area contributed by atoms with Crippen LogP contribution in [0, 0.1) is 5.92 Å². The number of aromatic nitrogens is 3. The van der Waals surface area contributed by atoms with Gasteiger partial charge in [-0.3, -0.25) is 19.5 Å². The highest BCUT2D eigenvalue weighted by molar-refractivity contribution is 5.94. The van der Waals surface area contributed by atoms with Crippen LogP contribution in [0.5, 0.6) is 0 Å². The molecule has 2 aliphatic rings. The van der Waals surface area contributed by atoms with Crippen LogP contribution in [-0.2, 0) is 11.3 Å². The summed E-state index contributed by atoms with van der Waals surface area (Å²) in [7, 11) is 0. The molecule has 176 valence electrons. The third kappa shape index (κ3) is 4.43. The molecule has 2 bridgehead atoms. The molecule has 1 unspecified atom stereocenters. The number of carbonyl (C=O) groups is 2. The summed E-state index contributed by atoms with van der Waals surface area (Å²) in [6.45, 7) is 6.78. The van der Waals surface area contributed by atoms with Crippen LogP contribution < -0.4 is 10.6 Å². The lowest BCUT2D eigenvalue weighted by atomic mass is 10.0. The van der Waals surface area contributed by atoms with Crippen molar-refractivity contribution in [3.05, 3.63) is 60.2 Å². The molecule has 1 aromatic carbocycles. The summed E-state index contributed by atoms with van der Waals surface area (Å²) in [5.41, 5.74) is 1.42. The highest BCUT2D eigenvalue weighted by atomic mass is 16.2. The predicted octanol–water partition coefficient (Wildman–Crippen LogP) is 1.92. The van der Waals surface area contributed by atoms with Crippen molar-refractivity contribution in [3.8, 4) is 0 Å². The Labute approximate surface area is 198 Å². The Hall–Kier alpha value is -3.59. The molecule has 2 atom stereocenters. The SMILES string of the molecule is CC(C)[C@@H]1Nc2nc(nc3ccccc23)CN2CCN(C(=O)c3cccnc3)CC2CNC1=O. The monoisotopic (exact) mass is 459 g/mol. The number of carbonyl (C=O) groups excluding carboxylic acids is 2. The molecule has 0 spiro atoms. The lowest BCUT2D eigenvalue weighted by Crippen LogP contribution is -2.58. The molecule has 2 N–H and O–H groups in total. The number of amides is 2. The van der Waals surface area contributed by atoms with E-state index in [-0.39, 0.29) is 23.8 Å². The topological polar surface area (TPSA) is 103 Å². The number of benzene rings is 1. The number of fused-ring (bicyclic) bond motifs is 5. The first-order chi connectivity index (χ1) is 16.5. The van der Waals surface area contributed by atoms with Crippen LogP contribution in [0.1, 0.15) is 30.0 Å². The minimum Gasteiger partial charge on any atom is -0.358 e. The van der Waals surface area contributed by atoms with Gasteiger partial charge in [0.15, 0.2) is 0 Å². The van der Waals surface area contributed by atoms with Gasteiger partial charge in [-0.2, -0.15) is 0 Å². The van der Waals surface area contributed by atoms with Gasteiger partial charge in [-0.05, 0) is 30.2 Å². The van der Waals surface area contributed by atoms with Gasteiger partial charge in [0, 0.05) is 50.0 Å². The van der Waals surface area contributed by atoms with Gasteiger partial charge < -0.3 is 15.5 Å². The first-order valence-corrected chi connectivity index (χ1v) is 11.7. The molecule has 1 saturated heterocycles. The van der Waals surface area contributed by atoms with Crippen LogP contribution in [0.4, 0.5) is 5.82 Å². The number of hydrogen-bond donors (Lipinski definition) is 2. The van der Waals surface area contributed by atoms with E-state index in [2.05, 4.69) is 20.5 Å². The minimum absolute atomic E-state index is 0.0423. The molecule has 5 rings (SSSR count). The van der Waals surface area contributed by atoms with Gasteiger partial charge in [-0.25, -0.2) is 9.97 Å². The zero-order valence-electron chi connectivity index (χ0n) is 19.4. The molecule has 3 aromatic rings. The van der Waals surface area contributed by atoms with Crippen LogP contribution in [0.2, 0.25) is 0 Å². The van der Waals surface area contributed by atoms with Crippen LogP contribution in [0.25, 0.3) is 10.9 Å². The Morgan fingerprint density at radius 3 is 2.76 bits per heavy atom. The molecule has 4 heterocycles. The molecular formula is C25H29N7O2. The lowest BCUT2D eigenvalue weighted by molar-refractivity contribution is -0.123. The van der Waals surface area contributed by atoms with Crippen LogP contribution >= 0.6 is 0 Å². The average Bonchev–Trinajstić information content (AvgIpc) is 2.87. The molecule has 34 heavy (non-hydrogen) atoms. The number of anilines is 1. The Kier molecular flexibility index (Phi) is 6.10. The summed E-state index contributed by atoms with van der Waals surface area (Å²) in [5, 5.41) is 7.41. The summed E-state index contributed by atoms with van der Waals surface area (Å²) in [6, 6.07) is 10.9. The lowest BCUT2D eigenvalue weighted by Gasteiger charge is -2.41. The number of para-hydroxylation sites is 1. The second-order valence-corrected chi connectivity index (χ2v) is 9.23. The summed E-state index contributed by atoms with van der Waals surface area (Å²) in [4.78, 5) is 44.1. The molecular weight excluding hydrogens is 430 g/mol. The average molecular weight is 460 g/mol. The number of piperazine rings is 1. The minimum atomic E-state index is -0.436. The Morgan fingerprint density at radius 2 is 1.97 bits per heavy atom. The highest BCUT2D eigenvalue weighted by Crippen LogP contribution is 2.24. The normalized spacial score (nSPS) is 21.4. The standard InChI is InChI=1S/C25H29N7O2/c1-16(2)22-24(33)27-13-18-14-32(25(34)17-6-5-9-26-12-17)11-10-31(18)15-21-28-20-8-4-3-7-19(20)23(29-21)30-22/h3-9,12,16,18,22H,10-11,13-15H2,1-2H3,(H,27,33)(H,28,29,30)/t18?,22-/m0/s1. The maximum Gasteiger partial charge on any atom is 0.255 e. The summed E-state index contributed by atoms with van der Waals surface area (Å²) in [5.74, 6) is 1.33. The van der Waals surface area contributed by atoms with Gasteiger partial charge in [0.2, 0.25) is 5.91 Å². The van der Waals surface area contributed by atoms with Gasteiger partial charge in [0.05, 0.1) is 17.6 Å². The summed E-state index contributed by atoms with van der Waals surface area (Å²) < 4.78 is 0. The molecule has 9 nitrogen and oxygen atoms in total. The van der Waals surface area contributed by atoms with E-state index >= 15 is 0 Å². The van der Waals surface area contributed by atoms with Gasteiger partial charge in [0.25, 0.3) is 5.91 Å². The first kappa shape index (κ1) is 22.2. The predicted molar refractivity (Wildman–Crippen MR) is 129 cm³/mol. The Balaban J connectivity index is 1.47. The van der Waals surface area contributed by atoms with E-state index in [1.54, 1.807) is 24.5 Å². The Bertz CT molecular complexity index is 1200. The molecule has 9 heteroatoms. The van der Waals surface area contributed by atoms with Crippen molar-refractivity contribution in [2.24, 2.45) is 5.92 Å². The summed E-state index contributed by atoms with van der Waals surface area (Å²) in [6.07, 6.45) is 3.25. The second kappa shape index (κ2) is 9.34. The fraction of sp³-hybridized carbons (Fsp3) is 0.400. The third-order valence-corrected chi connectivity index (χ3v) is 6.55. The Morgan fingerprint density at radius 1 is 1.12 bits per heavy atom. The van der Waals surface area contributed by atoms with E-state index in [4.69, 9.17) is 9.97 Å². The van der Waals surface area contributed by atoms with E-state index in [0.717, 1.165) is 10.9 Å². The number of rotatable bonds is 2. The fourth-order valence-electron chi connectivity index (χ4n) is 4.65. The maximum absolute atomic E-state index is 13.2. The van der Waals surface area contributed by atoms with Crippen molar-refractivity contribution in [2.75, 3.05) is 31.5 Å². The van der Waals surface area contributed by atoms with Crippen LogP contribution in [0.15, 0.2) is 48.8 Å². The van der Waals surface area contributed by atoms with E-state index < -0.39 is 6.04 Å². The van der Waals surface area contributed by atoms with E-state index in [1.165, 1.54) is 0 Å². The number of nitrogens with one attached hydrogen (secondary N) is 2. The second-order valence-electron chi connectivity index (χ2n) is 9.23. The van der Waals surface area contributed by atoms with Crippen LogP contribution in [0.3, 0.4) is 0 Å². The van der Waals surface area contributed by atoms with Crippen molar-refractivity contribution < 1.29 is 9.59 Å². The zero-order valence-corrected chi connectivity index (χ0v) is 19.4. The smallest absolute Gasteiger partial charge is 0.255 e. The van der Waals surface area contributed by atoms with Gasteiger partial charge in [-0.1, -0.05) is 26.0 Å². The van der Waals surface area contributed by atoms with Crippen molar-refractivity contribution in [1.82, 2.24) is 30.1 Å². The van der Waals surface area contributed by atoms with Gasteiger partial charge >= 0.3 is 0 Å². The van der Waals surface area contributed by atoms with E-state index in [9.17, 15) is 9.59 Å². The van der Waals surface area contributed by atoms with E-state index in [0.29, 0.717) is 49.9 Å². The highest BCUT2D eigenvalue weighted by Gasteiger charge is 2.33. The molecule has 2 amide bonds. The van der Waals surface area contributed by atoms with E-state index in [1.807, 2.05) is 43.0 Å². The summed E-state index contributed by atoms with van der Waals surface area (Å²) >= 11 is 0. The number of pyridine rings is 1. The first-order valence-electron chi connectivity index (χ1n) is 11.7. The number of hydrogen-bond acceptors (Lipinski definition) is 7. The van der Waals surface area contributed by atoms with Gasteiger partial charge in [0.1, 0.15) is 17.7 Å². The zero-order chi connectivity index (χ0) is 23.7. The van der Waals surface area contributed by atoms with Crippen molar-refractivity contribution in [1.29, 1.82) is 0 Å². The van der Waals surface area contributed by atoms with Crippen molar-refractivity contribution in [3.63, 3.8) is 0 Å². The molecule has 0 saturated carbocycles. The molecule has 1 fully saturated rings. The molecule has 2 aromatic heterocycles. The molecule has 2 aliphatic heterocycles. The molecule has 0 radical (unpaired) electrons. The maximum atomic E-state index is 13.2. The van der Waals surface area contributed by atoms with Crippen molar-refractivity contribution >= 4 is 28.5 Å². The number of nitrogens with zero attached hydrogens (tertiary/aromatic N) is 5. The van der Waals surface area contributed by atoms with Crippen LogP contribution in [-0.4, -0.2) is 74.8 Å². The van der Waals surface area contributed by atoms with Crippen molar-refractivity contribution in [2.45, 2.75) is 32.5 Å². The van der Waals surface area contributed by atoms with Gasteiger partial charge in [-0.15, -0.1) is 0 Å². The third-order valence-electron chi connectivity index (χ3n) is 6.55. The quantitative estimate of drug-likeness (QED) is 0.603. The fourth-order valence-corrected chi connectivity index (χ4v) is 4.65. The largest absolute Gasteiger partial charge is 0.358 e. The molecule has 0 aliphatic carbocycles.